The predicted octanol–water partition coefficient (Wildman–Crippen LogP) is 2.19. The maximum Gasteiger partial charge on any atom is 0.223 e. The second-order valence-electron chi connectivity index (χ2n) is 6.33. The highest BCUT2D eigenvalue weighted by atomic mass is 16.5. The van der Waals surface area contributed by atoms with Crippen LogP contribution in [0.15, 0.2) is 18.2 Å². The Kier molecular flexibility index (Phi) is 3.01. The molecule has 4 heteroatoms. The van der Waals surface area contributed by atoms with Crippen LogP contribution in [0, 0.1) is 6.92 Å². The minimum absolute atomic E-state index is 0.124. The summed E-state index contributed by atoms with van der Waals surface area (Å²) in [5, 5.41) is 10.7. The Morgan fingerprint density at radius 1 is 1.40 bits per heavy atom. The van der Waals surface area contributed by atoms with Crippen molar-refractivity contribution in [2.45, 2.75) is 51.4 Å². The molecule has 2 heterocycles. The Morgan fingerprint density at radius 2 is 2.15 bits per heavy atom. The van der Waals surface area contributed by atoms with E-state index in [2.05, 4.69) is 0 Å². The molecule has 4 nitrogen and oxygen atoms in total. The van der Waals surface area contributed by atoms with E-state index in [9.17, 15) is 9.90 Å². The smallest absolute Gasteiger partial charge is 0.223 e. The van der Waals surface area contributed by atoms with Gasteiger partial charge in [0.25, 0.3) is 0 Å². The van der Waals surface area contributed by atoms with Crippen LogP contribution < -0.4 is 4.74 Å². The summed E-state index contributed by atoms with van der Waals surface area (Å²) in [6, 6.07) is 5.65. The molecule has 1 aromatic rings. The molecule has 2 atom stereocenters. The molecule has 1 unspecified atom stereocenters. The zero-order valence-corrected chi connectivity index (χ0v) is 12.2. The topological polar surface area (TPSA) is 49.8 Å². The number of carbonyl (C=O) groups excluding carboxylic acids is 1. The molecular formula is C16H21NO3. The van der Waals surface area contributed by atoms with Crippen LogP contribution in [-0.4, -0.2) is 34.2 Å². The van der Waals surface area contributed by atoms with Crippen LogP contribution in [0.1, 0.15) is 43.9 Å². The molecule has 2 aliphatic heterocycles. The molecule has 2 aliphatic rings. The highest BCUT2D eigenvalue weighted by Crippen LogP contribution is 2.44. The third-order valence-corrected chi connectivity index (χ3v) is 4.31. The molecule has 0 aromatic heterocycles. The fourth-order valence-electron chi connectivity index (χ4n) is 3.19. The molecule has 0 spiro atoms. The van der Waals surface area contributed by atoms with Crippen LogP contribution >= 0.6 is 0 Å². The van der Waals surface area contributed by atoms with Crippen LogP contribution in [-0.2, 0) is 4.79 Å². The van der Waals surface area contributed by atoms with Gasteiger partial charge in [0.15, 0.2) is 0 Å². The number of ether oxygens (including phenoxy) is 1. The molecule has 0 saturated carbocycles. The number of hydrogen-bond acceptors (Lipinski definition) is 3. The summed E-state index contributed by atoms with van der Waals surface area (Å²) in [6.07, 6.45) is 0.717. The van der Waals surface area contributed by atoms with E-state index >= 15 is 0 Å². The van der Waals surface area contributed by atoms with Crippen molar-refractivity contribution in [1.82, 2.24) is 4.90 Å². The standard InChI is InChI=1S/C16H21NO3/c1-10-6-7-12-11(9-10)14(15(19)16(2,3)20-12)17-8-4-5-13(17)18/h6-7,9,14-15,19H,4-5,8H2,1-3H3/t14?,15-/m0/s1. The normalized spacial score (nSPS) is 28.2. The first-order chi connectivity index (χ1) is 9.40. The number of likely N-dealkylation sites (tertiary alicyclic amines) is 1. The average Bonchev–Trinajstić information content (AvgIpc) is 2.78. The van der Waals surface area contributed by atoms with E-state index in [4.69, 9.17) is 4.74 Å². The Labute approximate surface area is 119 Å². The van der Waals surface area contributed by atoms with Gasteiger partial charge in [-0.05, 0) is 33.3 Å². The van der Waals surface area contributed by atoms with E-state index in [1.54, 1.807) is 0 Å². The molecule has 108 valence electrons. The Morgan fingerprint density at radius 3 is 2.80 bits per heavy atom. The summed E-state index contributed by atoms with van der Waals surface area (Å²) in [5.41, 5.74) is 1.33. The lowest BCUT2D eigenvalue weighted by molar-refractivity contribution is -0.139. The van der Waals surface area contributed by atoms with Gasteiger partial charge in [-0.1, -0.05) is 17.7 Å². The van der Waals surface area contributed by atoms with Crippen LogP contribution in [0.4, 0.5) is 0 Å². The number of benzene rings is 1. The van der Waals surface area contributed by atoms with Gasteiger partial charge in [-0.25, -0.2) is 0 Å². The first-order valence-corrected chi connectivity index (χ1v) is 7.17. The Bertz CT molecular complexity index is 553. The zero-order valence-electron chi connectivity index (χ0n) is 12.2. The third kappa shape index (κ3) is 1.99. The third-order valence-electron chi connectivity index (χ3n) is 4.31. The van der Waals surface area contributed by atoms with Crippen LogP contribution in [0.2, 0.25) is 0 Å². The quantitative estimate of drug-likeness (QED) is 0.854. The number of hydrogen-bond donors (Lipinski definition) is 1. The molecule has 0 radical (unpaired) electrons. The number of fused-ring (bicyclic) bond motifs is 1. The summed E-state index contributed by atoms with van der Waals surface area (Å²) in [6.45, 7) is 6.46. The van der Waals surface area contributed by atoms with Gasteiger partial charge in [0.1, 0.15) is 17.5 Å². The van der Waals surface area contributed by atoms with E-state index in [1.807, 2.05) is 43.9 Å². The number of nitrogens with zero attached hydrogens (tertiary/aromatic N) is 1. The molecular weight excluding hydrogens is 254 g/mol. The van der Waals surface area contributed by atoms with Crippen molar-refractivity contribution in [2.75, 3.05) is 6.54 Å². The van der Waals surface area contributed by atoms with Gasteiger partial charge in [-0.15, -0.1) is 0 Å². The van der Waals surface area contributed by atoms with Gasteiger partial charge in [0.2, 0.25) is 5.91 Å². The summed E-state index contributed by atoms with van der Waals surface area (Å²) in [7, 11) is 0. The number of aliphatic hydroxyl groups is 1. The fourth-order valence-corrected chi connectivity index (χ4v) is 3.19. The van der Waals surface area contributed by atoms with Crippen molar-refractivity contribution in [3.8, 4) is 5.75 Å². The zero-order chi connectivity index (χ0) is 14.5. The van der Waals surface area contributed by atoms with Crippen molar-refractivity contribution < 1.29 is 14.6 Å². The maximum atomic E-state index is 12.1. The molecule has 1 saturated heterocycles. The van der Waals surface area contributed by atoms with Crippen molar-refractivity contribution in [1.29, 1.82) is 0 Å². The van der Waals surface area contributed by atoms with Crippen molar-refractivity contribution in [3.05, 3.63) is 29.3 Å². The predicted molar refractivity (Wildman–Crippen MR) is 75.6 cm³/mol. The molecule has 20 heavy (non-hydrogen) atoms. The van der Waals surface area contributed by atoms with E-state index in [0.717, 1.165) is 23.3 Å². The summed E-state index contributed by atoms with van der Waals surface area (Å²) in [4.78, 5) is 13.9. The lowest BCUT2D eigenvalue weighted by Crippen LogP contribution is -2.53. The van der Waals surface area contributed by atoms with Crippen LogP contribution in [0.3, 0.4) is 0 Å². The Balaban J connectivity index is 2.10. The number of aliphatic hydroxyl groups excluding tert-OH is 1. The lowest BCUT2D eigenvalue weighted by Gasteiger charge is -2.45. The van der Waals surface area contributed by atoms with Crippen LogP contribution in [0.5, 0.6) is 5.75 Å². The molecule has 0 aliphatic carbocycles. The first-order valence-electron chi connectivity index (χ1n) is 7.17. The van der Waals surface area contributed by atoms with E-state index in [-0.39, 0.29) is 11.9 Å². The Hall–Kier alpha value is -1.55. The first kappa shape index (κ1) is 13.4. The summed E-state index contributed by atoms with van der Waals surface area (Å²) >= 11 is 0. The highest BCUT2D eigenvalue weighted by Gasteiger charge is 2.47. The minimum Gasteiger partial charge on any atom is -0.485 e. The van der Waals surface area contributed by atoms with E-state index in [0.29, 0.717) is 13.0 Å². The van der Waals surface area contributed by atoms with E-state index < -0.39 is 11.7 Å². The second kappa shape index (κ2) is 4.48. The maximum absolute atomic E-state index is 12.1. The molecule has 1 amide bonds. The molecule has 0 bridgehead atoms. The van der Waals surface area contributed by atoms with Gasteiger partial charge in [-0.2, -0.15) is 0 Å². The SMILES string of the molecule is Cc1ccc2c(c1)C(N1CCCC1=O)[C@H](O)C(C)(C)O2. The second-order valence-corrected chi connectivity index (χ2v) is 6.33. The molecule has 1 aromatic carbocycles. The molecule has 1 fully saturated rings. The monoisotopic (exact) mass is 275 g/mol. The number of amides is 1. The van der Waals surface area contributed by atoms with Crippen molar-refractivity contribution in [3.63, 3.8) is 0 Å². The van der Waals surface area contributed by atoms with Gasteiger partial charge >= 0.3 is 0 Å². The van der Waals surface area contributed by atoms with Gasteiger partial charge in [0, 0.05) is 18.5 Å². The molecule has 1 N–H and O–H groups in total. The van der Waals surface area contributed by atoms with Crippen molar-refractivity contribution in [2.24, 2.45) is 0 Å². The summed E-state index contributed by atoms with van der Waals surface area (Å²) < 4.78 is 5.92. The van der Waals surface area contributed by atoms with Gasteiger partial charge in [-0.3, -0.25) is 4.79 Å². The minimum atomic E-state index is -0.723. The number of carbonyl (C=O) groups is 1. The molecule has 3 rings (SSSR count). The summed E-state index contributed by atoms with van der Waals surface area (Å²) in [5.74, 6) is 0.898. The fraction of sp³-hybridized carbons (Fsp3) is 0.562. The lowest BCUT2D eigenvalue weighted by atomic mass is 9.85. The average molecular weight is 275 g/mol. The number of aryl methyl sites for hydroxylation is 1. The van der Waals surface area contributed by atoms with Gasteiger partial charge in [0.05, 0.1) is 6.04 Å². The van der Waals surface area contributed by atoms with Crippen molar-refractivity contribution >= 4 is 5.91 Å². The van der Waals surface area contributed by atoms with Crippen LogP contribution in [0.25, 0.3) is 0 Å². The van der Waals surface area contributed by atoms with E-state index in [1.165, 1.54) is 0 Å². The van der Waals surface area contributed by atoms with Gasteiger partial charge < -0.3 is 14.7 Å². The highest BCUT2D eigenvalue weighted by molar-refractivity contribution is 5.79. The number of rotatable bonds is 1. The largest absolute Gasteiger partial charge is 0.485 e.